The molecule has 0 aliphatic heterocycles. The van der Waals surface area contributed by atoms with Crippen LogP contribution in [-0.2, 0) is 0 Å². The average molecular weight is 270 g/mol. The summed E-state index contributed by atoms with van der Waals surface area (Å²) < 4.78 is 5.88. The predicted octanol–water partition coefficient (Wildman–Crippen LogP) is 4.16. The molecule has 0 amide bonds. The van der Waals surface area contributed by atoms with Gasteiger partial charge in [-0.1, -0.05) is 24.6 Å². The Morgan fingerprint density at radius 1 is 1.20 bits per heavy atom. The number of aryl methyl sites for hydroxylation is 2. The van der Waals surface area contributed by atoms with Crippen LogP contribution in [0.4, 0.5) is 0 Å². The van der Waals surface area contributed by atoms with Crippen LogP contribution < -0.4 is 10.1 Å². The van der Waals surface area contributed by atoms with Crippen molar-refractivity contribution in [2.75, 3.05) is 6.54 Å². The highest BCUT2D eigenvalue weighted by Gasteiger charge is 2.06. The van der Waals surface area contributed by atoms with Gasteiger partial charge >= 0.3 is 0 Å². The van der Waals surface area contributed by atoms with Gasteiger partial charge < -0.3 is 10.1 Å². The Labute approximate surface area is 121 Å². The van der Waals surface area contributed by atoms with Gasteiger partial charge in [0.2, 0.25) is 0 Å². The molecule has 1 N–H and O–H groups in total. The molecule has 1 heterocycles. The molecule has 0 radical (unpaired) electrons. The molecule has 2 rings (SSSR count). The minimum absolute atomic E-state index is 0.259. The summed E-state index contributed by atoms with van der Waals surface area (Å²) in [6, 6.07) is 10.4. The van der Waals surface area contributed by atoms with Crippen LogP contribution in [0.5, 0.6) is 11.5 Å². The highest BCUT2D eigenvalue weighted by atomic mass is 16.5. The number of nitrogens with one attached hydrogen (secondary N) is 1. The van der Waals surface area contributed by atoms with Gasteiger partial charge in [-0.05, 0) is 51.1 Å². The third kappa shape index (κ3) is 3.58. The van der Waals surface area contributed by atoms with E-state index in [1.807, 2.05) is 18.2 Å². The Balaban J connectivity index is 2.10. The van der Waals surface area contributed by atoms with E-state index in [-0.39, 0.29) is 6.04 Å². The molecular formula is C17H22N2O. The van der Waals surface area contributed by atoms with Gasteiger partial charge in [0.1, 0.15) is 11.5 Å². The van der Waals surface area contributed by atoms with Crippen LogP contribution in [0.15, 0.2) is 36.5 Å². The van der Waals surface area contributed by atoms with Crippen molar-refractivity contribution in [3.05, 3.63) is 53.3 Å². The number of nitrogens with zero attached hydrogens (tertiary/aromatic N) is 1. The van der Waals surface area contributed by atoms with E-state index in [9.17, 15) is 0 Å². The number of rotatable bonds is 5. The van der Waals surface area contributed by atoms with E-state index in [0.29, 0.717) is 0 Å². The molecule has 0 saturated carbocycles. The van der Waals surface area contributed by atoms with E-state index >= 15 is 0 Å². The van der Waals surface area contributed by atoms with Gasteiger partial charge in [-0.3, -0.25) is 4.98 Å². The molecule has 2 aromatic rings. The zero-order valence-electron chi connectivity index (χ0n) is 12.6. The predicted molar refractivity (Wildman–Crippen MR) is 82.3 cm³/mol. The Hall–Kier alpha value is -1.87. The quantitative estimate of drug-likeness (QED) is 0.885. The summed E-state index contributed by atoms with van der Waals surface area (Å²) in [5.74, 6) is 1.65. The van der Waals surface area contributed by atoms with Crippen molar-refractivity contribution in [2.45, 2.75) is 33.7 Å². The van der Waals surface area contributed by atoms with Crippen molar-refractivity contribution in [2.24, 2.45) is 0 Å². The standard InChI is InChI=1S/C17H22N2O/c1-5-18-14(4)16-8-7-15(11-19-16)20-17-9-6-12(2)10-13(17)3/h6-11,14,18H,5H2,1-4H3. The van der Waals surface area contributed by atoms with Gasteiger partial charge in [-0.25, -0.2) is 0 Å². The van der Waals surface area contributed by atoms with Gasteiger partial charge in [-0.2, -0.15) is 0 Å². The van der Waals surface area contributed by atoms with E-state index in [0.717, 1.165) is 29.3 Å². The molecule has 1 unspecified atom stereocenters. The highest BCUT2D eigenvalue weighted by Crippen LogP contribution is 2.25. The molecule has 1 aromatic carbocycles. The van der Waals surface area contributed by atoms with Crippen LogP contribution in [0, 0.1) is 13.8 Å². The third-order valence-corrected chi connectivity index (χ3v) is 3.27. The zero-order valence-corrected chi connectivity index (χ0v) is 12.6. The fourth-order valence-corrected chi connectivity index (χ4v) is 2.16. The summed E-state index contributed by atoms with van der Waals surface area (Å²) in [5.41, 5.74) is 3.40. The summed E-state index contributed by atoms with van der Waals surface area (Å²) in [6.45, 7) is 9.26. The Morgan fingerprint density at radius 2 is 2.00 bits per heavy atom. The Bertz CT molecular complexity index is 564. The molecule has 3 heteroatoms. The van der Waals surface area contributed by atoms with E-state index < -0.39 is 0 Å². The minimum atomic E-state index is 0.259. The lowest BCUT2D eigenvalue weighted by Gasteiger charge is -2.13. The molecule has 3 nitrogen and oxygen atoms in total. The second kappa shape index (κ2) is 6.53. The van der Waals surface area contributed by atoms with Crippen LogP contribution in [-0.4, -0.2) is 11.5 Å². The number of benzene rings is 1. The number of hydrogen-bond acceptors (Lipinski definition) is 3. The summed E-state index contributed by atoms with van der Waals surface area (Å²) in [7, 11) is 0. The first-order valence-electron chi connectivity index (χ1n) is 7.04. The molecule has 1 aromatic heterocycles. The molecule has 0 saturated heterocycles. The lowest BCUT2D eigenvalue weighted by atomic mass is 10.1. The van der Waals surface area contributed by atoms with Gasteiger partial charge in [0.05, 0.1) is 11.9 Å². The highest BCUT2D eigenvalue weighted by molar-refractivity contribution is 5.39. The van der Waals surface area contributed by atoms with Crippen molar-refractivity contribution in [3.63, 3.8) is 0 Å². The lowest BCUT2D eigenvalue weighted by Crippen LogP contribution is -2.18. The molecule has 106 valence electrons. The minimum Gasteiger partial charge on any atom is -0.455 e. The molecular weight excluding hydrogens is 248 g/mol. The van der Waals surface area contributed by atoms with Crippen LogP contribution >= 0.6 is 0 Å². The summed E-state index contributed by atoms with van der Waals surface area (Å²) in [4.78, 5) is 4.45. The molecule has 0 spiro atoms. The molecule has 0 aliphatic carbocycles. The van der Waals surface area contributed by atoms with Crippen molar-refractivity contribution in [3.8, 4) is 11.5 Å². The maximum Gasteiger partial charge on any atom is 0.145 e. The first-order chi connectivity index (χ1) is 9.60. The Morgan fingerprint density at radius 3 is 2.60 bits per heavy atom. The molecule has 0 fully saturated rings. The van der Waals surface area contributed by atoms with E-state index in [4.69, 9.17) is 4.74 Å². The third-order valence-electron chi connectivity index (χ3n) is 3.27. The number of aromatic nitrogens is 1. The zero-order chi connectivity index (χ0) is 14.5. The van der Waals surface area contributed by atoms with Gasteiger partial charge in [0.25, 0.3) is 0 Å². The van der Waals surface area contributed by atoms with Crippen molar-refractivity contribution >= 4 is 0 Å². The SMILES string of the molecule is CCNC(C)c1ccc(Oc2ccc(C)cc2C)cn1. The molecule has 1 atom stereocenters. The summed E-state index contributed by atoms with van der Waals surface area (Å²) >= 11 is 0. The second-order valence-electron chi connectivity index (χ2n) is 5.07. The topological polar surface area (TPSA) is 34.1 Å². The number of hydrogen-bond donors (Lipinski definition) is 1. The van der Waals surface area contributed by atoms with Crippen molar-refractivity contribution < 1.29 is 4.74 Å². The first-order valence-corrected chi connectivity index (χ1v) is 7.04. The average Bonchev–Trinajstić information content (AvgIpc) is 2.43. The maximum absolute atomic E-state index is 5.88. The molecule has 20 heavy (non-hydrogen) atoms. The fourth-order valence-electron chi connectivity index (χ4n) is 2.16. The first kappa shape index (κ1) is 14.5. The monoisotopic (exact) mass is 270 g/mol. The molecule has 0 aliphatic rings. The van der Waals surface area contributed by atoms with Crippen LogP contribution in [0.3, 0.4) is 0 Å². The fraction of sp³-hybridized carbons (Fsp3) is 0.353. The maximum atomic E-state index is 5.88. The van der Waals surface area contributed by atoms with Crippen LogP contribution in [0.25, 0.3) is 0 Å². The summed E-state index contributed by atoms with van der Waals surface area (Å²) in [5, 5.41) is 3.34. The second-order valence-corrected chi connectivity index (χ2v) is 5.07. The van der Waals surface area contributed by atoms with Gasteiger partial charge in [0.15, 0.2) is 0 Å². The van der Waals surface area contributed by atoms with Crippen molar-refractivity contribution in [1.29, 1.82) is 0 Å². The number of ether oxygens (including phenoxy) is 1. The lowest BCUT2D eigenvalue weighted by molar-refractivity contribution is 0.474. The van der Waals surface area contributed by atoms with E-state index in [1.165, 1.54) is 5.56 Å². The van der Waals surface area contributed by atoms with E-state index in [1.54, 1.807) is 6.20 Å². The number of pyridine rings is 1. The largest absolute Gasteiger partial charge is 0.455 e. The smallest absolute Gasteiger partial charge is 0.145 e. The summed E-state index contributed by atoms with van der Waals surface area (Å²) in [6.07, 6.45) is 1.78. The van der Waals surface area contributed by atoms with Crippen LogP contribution in [0.2, 0.25) is 0 Å². The van der Waals surface area contributed by atoms with Crippen LogP contribution in [0.1, 0.15) is 36.7 Å². The molecule has 0 bridgehead atoms. The normalized spacial score (nSPS) is 12.2. The van der Waals surface area contributed by atoms with Gasteiger partial charge in [0, 0.05) is 6.04 Å². The van der Waals surface area contributed by atoms with E-state index in [2.05, 4.69) is 50.1 Å². The van der Waals surface area contributed by atoms with Gasteiger partial charge in [-0.15, -0.1) is 0 Å². The Kier molecular flexibility index (Phi) is 4.74. The van der Waals surface area contributed by atoms with Crippen molar-refractivity contribution in [1.82, 2.24) is 10.3 Å².